The minimum Gasteiger partial charge on any atom is -0.339 e. The van der Waals surface area contributed by atoms with Gasteiger partial charge in [0, 0.05) is 26.2 Å². The van der Waals surface area contributed by atoms with Crippen LogP contribution in [0, 0.1) is 0 Å². The zero-order valence-electron chi connectivity index (χ0n) is 9.87. The quantitative estimate of drug-likeness (QED) is 0.771. The molecule has 0 radical (unpaired) electrons. The molecule has 2 aliphatic heterocycles. The first-order valence-electron chi connectivity index (χ1n) is 6.19. The van der Waals surface area contributed by atoms with Crippen molar-refractivity contribution in [2.24, 2.45) is 0 Å². The molecule has 1 N–H and O–H groups in total. The Morgan fingerprint density at radius 2 is 2.00 bits per heavy atom. The van der Waals surface area contributed by atoms with Crippen LogP contribution >= 0.6 is 0 Å². The molecule has 0 aliphatic carbocycles. The van der Waals surface area contributed by atoms with Crippen molar-refractivity contribution in [2.75, 3.05) is 39.3 Å². The van der Waals surface area contributed by atoms with Gasteiger partial charge < -0.3 is 10.2 Å². The lowest BCUT2D eigenvalue weighted by Crippen LogP contribution is -2.53. The SMILES string of the molecule is O=C([C@@H]1CCCN1)N1CCN(CC(F)F)CC1. The van der Waals surface area contributed by atoms with Crippen LogP contribution in [0.2, 0.25) is 0 Å². The maximum atomic E-state index is 12.2. The number of rotatable bonds is 3. The Morgan fingerprint density at radius 3 is 2.53 bits per heavy atom. The third-order valence-corrected chi connectivity index (χ3v) is 3.44. The zero-order chi connectivity index (χ0) is 12.3. The van der Waals surface area contributed by atoms with Crippen LogP contribution in [0.25, 0.3) is 0 Å². The molecular weight excluding hydrogens is 228 g/mol. The minimum absolute atomic E-state index is 0.0448. The summed E-state index contributed by atoms with van der Waals surface area (Å²) >= 11 is 0. The second-order valence-electron chi connectivity index (χ2n) is 4.67. The highest BCUT2D eigenvalue weighted by Gasteiger charge is 2.29. The fourth-order valence-electron chi connectivity index (χ4n) is 2.46. The normalized spacial score (nSPS) is 26.8. The molecule has 6 heteroatoms. The highest BCUT2D eigenvalue weighted by atomic mass is 19.3. The van der Waals surface area contributed by atoms with Crippen LogP contribution < -0.4 is 5.32 Å². The first kappa shape index (κ1) is 12.7. The monoisotopic (exact) mass is 247 g/mol. The molecule has 0 aromatic heterocycles. The van der Waals surface area contributed by atoms with Crippen LogP contribution in [0.3, 0.4) is 0 Å². The average molecular weight is 247 g/mol. The number of piperazine rings is 1. The van der Waals surface area contributed by atoms with E-state index in [-0.39, 0.29) is 18.5 Å². The fraction of sp³-hybridized carbons (Fsp3) is 0.909. The number of nitrogens with one attached hydrogen (secondary N) is 1. The van der Waals surface area contributed by atoms with Crippen molar-refractivity contribution in [3.05, 3.63) is 0 Å². The van der Waals surface area contributed by atoms with Gasteiger partial charge in [-0.15, -0.1) is 0 Å². The molecule has 0 bridgehead atoms. The van der Waals surface area contributed by atoms with Crippen LogP contribution in [-0.4, -0.2) is 67.4 Å². The zero-order valence-corrected chi connectivity index (χ0v) is 9.87. The summed E-state index contributed by atoms with van der Waals surface area (Å²) < 4.78 is 24.4. The van der Waals surface area contributed by atoms with E-state index in [0.717, 1.165) is 19.4 Å². The van der Waals surface area contributed by atoms with Crippen LogP contribution in [0.5, 0.6) is 0 Å². The Balaban J connectivity index is 1.76. The highest BCUT2D eigenvalue weighted by Crippen LogP contribution is 2.11. The van der Waals surface area contributed by atoms with Gasteiger partial charge in [0.1, 0.15) is 0 Å². The van der Waals surface area contributed by atoms with Gasteiger partial charge in [0.25, 0.3) is 6.43 Å². The molecule has 0 spiro atoms. The maximum Gasteiger partial charge on any atom is 0.251 e. The Hall–Kier alpha value is -0.750. The molecule has 2 heterocycles. The third-order valence-electron chi connectivity index (χ3n) is 3.44. The summed E-state index contributed by atoms with van der Waals surface area (Å²) in [7, 11) is 0. The molecular formula is C11H19F2N3O. The van der Waals surface area contributed by atoms with Crippen molar-refractivity contribution in [2.45, 2.75) is 25.3 Å². The van der Waals surface area contributed by atoms with Crippen molar-refractivity contribution in [1.82, 2.24) is 15.1 Å². The summed E-state index contributed by atoms with van der Waals surface area (Å²) in [4.78, 5) is 15.5. The van der Waals surface area contributed by atoms with Gasteiger partial charge in [-0.25, -0.2) is 8.78 Å². The Labute approximate surface area is 99.9 Å². The first-order chi connectivity index (χ1) is 8.16. The van der Waals surface area contributed by atoms with E-state index < -0.39 is 6.43 Å². The van der Waals surface area contributed by atoms with Crippen molar-refractivity contribution in [1.29, 1.82) is 0 Å². The summed E-state index contributed by atoms with van der Waals surface area (Å²) in [5.74, 6) is 0.138. The molecule has 2 aliphatic rings. The number of carbonyl (C=O) groups is 1. The number of amides is 1. The van der Waals surface area contributed by atoms with E-state index in [1.54, 1.807) is 9.80 Å². The molecule has 98 valence electrons. The van der Waals surface area contributed by atoms with Gasteiger partial charge >= 0.3 is 0 Å². The standard InChI is InChI=1S/C11H19F2N3O/c12-10(13)8-15-4-6-16(7-5-15)11(17)9-2-1-3-14-9/h9-10,14H,1-8H2/t9-/m0/s1. The van der Waals surface area contributed by atoms with E-state index in [9.17, 15) is 13.6 Å². The lowest BCUT2D eigenvalue weighted by Gasteiger charge is -2.35. The first-order valence-corrected chi connectivity index (χ1v) is 6.19. The molecule has 0 aromatic carbocycles. The number of carbonyl (C=O) groups excluding carboxylic acids is 1. The molecule has 17 heavy (non-hydrogen) atoms. The van der Waals surface area contributed by atoms with E-state index in [0.29, 0.717) is 26.2 Å². The van der Waals surface area contributed by atoms with Crippen LogP contribution in [0.1, 0.15) is 12.8 Å². The second-order valence-corrected chi connectivity index (χ2v) is 4.67. The predicted molar refractivity (Wildman–Crippen MR) is 60.0 cm³/mol. The lowest BCUT2D eigenvalue weighted by molar-refractivity contribution is -0.135. The average Bonchev–Trinajstić information content (AvgIpc) is 2.82. The van der Waals surface area contributed by atoms with Gasteiger partial charge in [-0.2, -0.15) is 0 Å². The van der Waals surface area contributed by atoms with Crippen molar-refractivity contribution >= 4 is 5.91 Å². The third kappa shape index (κ3) is 3.35. The topological polar surface area (TPSA) is 35.6 Å². The number of alkyl halides is 2. The van der Waals surface area contributed by atoms with E-state index >= 15 is 0 Å². The molecule has 0 aromatic rings. The molecule has 4 nitrogen and oxygen atoms in total. The van der Waals surface area contributed by atoms with Gasteiger partial charge in [0.05, 0.1) is 12.6 Å². The van der Waals surface area contributed by atoms with Crippen molar-refractivity contribution in [3.63, 3.8) is 0 Å². The minimum atomic E-state index is -2.28. The van der Waals surface area contributed by atoms with E-state index in [1.807, 2.05) is 0 Å². The lowest BCUT2D eigenvalue weighted by atomic mass is 10.2. The Kier molecular flexibility index (Phi) is 4.28. The summed E-state index contributed by atoms with van der Waals surface area (Å²) in [6.07, 6.45) is -0.341. The number of hydrogen-bond acceptors (Lipinski definition) is 3. The van der Waals surface area contributed by atoms with Gasteiger partial charge in [-0.1, -0.05) is 0 Å². The largest absolute Gasteiger partial charge is 0.339 e. The van der Waals surface area contributed by atoms with Gasteiger partial charge in [0.15, 0.2) is 0 Å². The molecule has 2 saturated heterocycles. The van der Waals surface area contributed by atoms with Gasteiger partial charge in [0.2, 0.25) is 5.91 Å². The summed E-state index contributed by atoms with van der Waals surface area (Å²) in [5.41, 5.74) is 0. The molecule has 1 atom stereocenters. The van der Waals surface area contributed by atoms with E-state index in [2.05, 4.69) is 5.32 Å². The Bertz CT molecular complexity index is 261. The van der Waals surface area contributed by atoms with Gasteiger partial charge in [-0.3, -0.25) is 9.69 Å². The van der Waals surface area contributed by atoms with E-state index in [1.165, 1.54) is 0 Å². The molecule has 2 rings (SSSR count). The fourth-order valence-corrected chi connectivity index (χ4v) is 2.46. The van der Waals surface area contributed by atoms with Crippen molar-refractivity contribution < 1.29 is 13.6 Å². The second kappa shape index (κ2) is 5.73. The smallest absolute Gasteiger partial charge is 0.251 e. The summed E-state index contributed by atoms with van der Waals surface area (Å²) in [6.45, 7) is 2.99. The number of nitrogens with zero attached hydrogens (tertiary/aromatic N) is 2. The molecule has 0 unspecified atom stereocenters. The predicted octanol–water partition coefficient (Wildman–Crippen LogP) is 0.148. The highest BCUT2D eigenvalue weighted by molar-refractivity contribution is 5.82. The van der Waals surface area contributed by atoms with E-state index in [4.69, 9.17) is 0 Å². The van der Waals surface area contributed by atoms with Gasteiger partial charge in [-0.05, 0) is 19.4 Å². The molecule has 1 amide bonds. The molecule has 2 fully saturated rings. The maximum absolute atomic E-state index is 12.2. The van der Waals surface area contributed by atoms with Crippen LogP contribution in [0.4, 0.5) is 8.78 Å². The van der Waals surface area contributed by atoms with Crippen LogP contribution in [0.15, 0.2) is 0 Å². The summed E-state index contributed by atoms with van der Waals surface area (Å²) in [6, 6.07) is -0.0448. The Morgan fingerprint density at radius 1 is 1.29 bits per heavy atom. The summed E-state index contributed by atoms with van der Waals surface area (Å²) in [5, 5.41) is 3.17. The number of hydrogen-bond donors (Lipinski definition) is 1. The van der Waals surface area contributed by atoms with Crippen molar-refractivity contribution in [3.8, 4) is 0 Å². The number of halogens is 2. The van der Waals surface area contributed by atoms with Crippen LogP contribution in [-0.2, 0) is 4.79 Å². The molecule has 0 saturated carbocycles.